The second-order valence-corrected chi connectivity index (χ2v) is 5.70. The largest absolute Gasteiger partial charge is 0.307 e. The Labute approximate surface area is 113 Å². The predicted molar refractivity (Wildman–Crippen MR) is 71.0 cm³/mol. The number of carbonyl (C=O) groups excluding carboxylic acids is 1. The lowest BCUT2D eigenvalue weighted by atomic mass is 10.2. The molecule has 2 aliphatic rings. The zero-order chi connectivity index (χ0) is 12.7. The maximum Gasteiger partial charge on any atom is 0.244 e. The van der Waals surface area contributed by atoms with Crippen LogP contribution in [-0.2, 0) is 4.79 Å². The van der Waals surface area contributed by atoms with Crippen LogP contribution in [0.2, 0.25) is 0 Å². The molecular formula is C13H14BrFN2O. The second-order valence-electron chi connectivity index (χ2n) is 4.84. The molecule has 3 nitrogen and oxygen atoms in total. The van der Waals surface area contributed by atoms with Crippen LogP contribution < -0.4 is 10.2 Å². The van der Waals surface area contributed by atoms with Gasteiger partial charge in [0.1, 0.15) is 5.82 Å². The van der Waals surface area contributed by atoms with E-state index in [1.807, 2.05) is 0 Å². The SMILES string of the molecule is O=C1C(NC2CC2)CCN1c1c(F)cccc1Br. The van der Waals surface area contributed by atoms with Crippen molar-refractivity contribution < 1.29 is 9.18 Å². The van der Waals surface area contributed by atoms with Crippen molar-refractivity contribution in [3.63, 3.8) is 0 Å². The Hall–Kier alpha value is -0.940. The quantitative estimate of drug-likeness (QED) is 0.930. The number of nitrogens with one attached hydrogen (secondary N) is 1. The molecule has 96 valence electrons. The van der Waals surface area contributed by atoms with Crippen LogP contribution in [-0.4, -0.2) is 24.5 Å². The first-order valence-corrected chi connectivity index (χ1v) is 6.97. The molecule has 1 saturated carbocycles. The highest BCUT2D eigenvalue weighted by molar-refractivity contribution is 9.10. The van der Waals surface area contributed by atoms with E-state index >= 15 is 0 Å². The minimum atomic E-state index is -0.357. The van der Waals surface area contributed by atoms with Crippen molar-refractivity contribution in [1.82, 2.24) is 5.32 Å². The fourth-order valence-electron chi connectivity index (χ4n) is 2.34. The van der Waals surface area contributed by atoms with Gasteiger partial charge in [-0.05, 0) is 47.3 Å². The Kier molecular flexibility index (Phi) is 3.11. The summed E-state index contributed by atoms with van der Waals surface area (Å²) >= 11 is 3.31. The predicted octanol–water partition coefficient (Wildman–Crippen LogP) is 2.45. The van der Waals surface area contributed by atoms with Gasteiger partial charge in [0.25, 0.3) is 0 Å². The van der Waals surface area contributed by atoms with Gasteiger partial charge >= 0.3 is 0 Å². The number of halogens is 2. The molecule has 0 aromatic heterocycles. The summed E-state index contributed by atoms with van der Waals surface area (Å²) in [6.45, 7) is 0.572. The van der Waals surface area contributed by atoms with E-state index in [0.717, 1.165) is 19.3 Å². The monoisotopic (exact) mass is 312 g/mol. The summed E-state index contributed by atoms with van der Waals surface area (Å²) < 4.78 is 14.5. The lowest BCUT2D eigenvalue weighted by Gasteiger charge is -2.19. The first-order chi connectivity index (χ1) is 8.66. The number of para-hydroxylation sites is 1. The molecule has 1 aliphatic heterocycles. The highest BCUT2D eigenvalue weighted by Crippen LogP contribution is 2.33. The molecule has 0 spiro atoms. The molecule has 2 fully saturated rings. The van der Waals surface area contributed by atoms with Crippen molar-refractivity contribution in [3.8, 4) is 0 Å². The number of nitrogens with zero attached hydrogens (tertiary/aromatic N) is 1. The van der Waals surface area contributed by atoms with Crippen LogP contribution in [0.25, 0.3) is 0 Å². The Morgan fingerprint density at radius 3 is 2.78 bits per heavy atom. The average molecular weight is 313 g/mol. The molecule has 1 aliphatic carbocycles. The van der Waals surface area contributed by atoms with Crippen LogP contribution >= 0.6 is 15.9 Å². The molecule has 3 rings (SSSR count). The topological polar surface area (TPSA) is 32.3 Å². The van der Waals surface area contributed by atoms with Crippen molar-refractivity contribution in [2.45, 2.75) is 31.3 Å². The fraction of sp³-hybridized carbons (Fsp3) is 0.462. The van der Waals surface area contributed by atoms with Crippen LogP contribution in [0.4, 0.5) is 10.1 Å². The van der Waals surface area contributed by atoms with E-state index in [1.54, 1.807) is 17.0 Å². The van der Waals surface area contributed by atoms with Crippen LogP contribution in [0.15, 0.2) is 22.7 Å². The Bertz CT molecular complexity index is 470. The minimum absolute atomic E-state index is 0.0206. The van der Waals surface area contributed by atoms with E-state index in [2.05, 4.69) is 21.2 Å². The van der Waals surface area contributed by atoms with Crippen LogP contribution in [0, 0.1) is 5.82 Å². The number of rotatable bonds is 3. The van der Waals surface area contributed by atoms with Crippen molar-refractivity contribution in [3.05, 3.63) is 28.5 Å². The van der Waals surface area contributed by atoms with E-state index in [4.69, 9.17) is 0 Å². The van der Waals surface area contributed by atoms with Crippen LogP contribution in [0.3, 0.4) is 0 Å². The fourth-order valence-corrected chi connectivity index (χ4v) is 2.89. The third-order valence-corrected chi connectivity index (χ3v) is 4.07. The van der Waals surface area contributed by atoms with Gasteiger partial charge in [0.2, 0.25) is 5.91 Å². The zero-order valence-corrected chi connectivity index (χ0v) is 11.4. The molecule has 1 amide bonds. The van der Waals surface area contributed by atoms with Gasteiger partial charge in [0, 0.05) is 17.1 Å². The first kappa shape index (κ1) is 12.1. The molecule has 5 heteroatoms. The molecule has 1 heterocycles. The standard InChI is InChI=1S/C13H14BrFN2O/c14-9-2-1-3-10(15)12(9)17-7-6-11(13(17)18)16-8-4-5-8/h1-3,8,11,16H,4-7H2. The summed E-state index contributed by atoms with van der Waals surface area (Å²) in [5, 5.41) is 3.31. The Morgan fingerprint density at radius 2 is 2.11 bits per heavy atom. The normalized spacial score (nSPS) is 23.8. The van der Waals surface area contributed by atoms with Gasteiger partial charge in [-0.1, -0.05) is 6.07 Å². The van der Waals surface area contributed by atoms with Crippen molar-refractivity contribution in [2.24, 2.45) is 0 Å². The maximum absolute atomic E-state index is 13.8. The maximum atomic E-state index is 13.8. The molecule has 1 N–H and O–H groups in total. The third-order valence-electron chi connectivity index (χ3n) is 3.43. The summed E-state index contributed by atoms with van der Waals surface area (Å²) in [6, 6.07) is 5.11. The van der Waals surface area contributed by atoms with Gasteiger partial charge in [-0.15, -0.1) is 0 Å². The number of carbonyl (C=O) groups is 1. The number of amides is 1. The van der Waals surface area contributed by atoms with E-state index < -0.39 is 0 Å². The highest BCUT2D eigenvalue weighted by atomic mass is 79.9. The average Bonchev–Trinajstić information content (AvgIpc) is 3.07. The summed E-state index contributed by atoms with van der Waals surface area (Å²) in [5.41, 5.74) is 0.364. The third kappa shape index (κ3) is 2.17. The highest BCUT2D eigenvalue weighted by Gasteiger charge is 2.37. The molecular weight excluding hydrogens is 299 g/mol. The van der Waals surface area contributed by atoms with Gasteiger partial charge < -0.3 is 10.2 Å². The van der Waals surface area contributed by atoms with Crippen molar-refractivity contribution >= 4 is 27.5 Å². The summed E-state index contributed by atoms with van der Waals surface area (Å²) in [6.07, 6.45) is 3.04. The lowest BCUT2D eigenvalue weighted by Crippen LogP contribution is -2.39. The van der Waals surface area contributed by atoms with Gasteiger partial charge in [-0.25, -0.2) is 4.39 Å². The number of hydrogen-bond acceptors (Lipinski definition) is 2. The van der Waals surface area contributed by atoms with Gasteiger partial charge in [0.15, 0.2) is 0 Å². The van der Waals surface area contributed by atoms with E-state index in [9.17, 15) is 9.18 Å². The van der Waals surface area contributed by atoms with Crippen molar-refractivity contribution in [2.75, 3.05) is 11.4 Å². The van der Waals surface area contributed by atoms with E-state index in [-0.39, 0.29) is 17.8 Å². The van der Waals surface area contributed by atoms with Crippen LogP contribution in [0.5, 0.6) is 0 Å². The smallest absolute Gasteiger partial charge is 0.244 e. The number of anilines is 1. The Balaban J connectivity index is 1.82. The number of hydrogen-bond donors (Lipinski definition) is 1. The molecule has 0 radical (unpaired) electrons. The Morgan fingerprint density at radius 1 is 1.33 bits per heavy atom. The molecule has 18 heavy (non-hydrogen) atoms. The van der Waals surface area contributed by atoms with E-state index in [1.165, 1.54) is 6.07 Å². The lowest BCUT2D eigenvalue weighted by molar-refractivity contribution is -0.118. The van der Waals surface area contributed by atoms with Crippen LogP contribution in [0.1, 0.15) is 19.3 Å². The summed E-state index contributed by atoms with van der Waals surface area (Å²) in [4.78, 5) is 13.8. The molecule has 1 unspecified atom stereocenters. The summed E-state index contributed by atoms with van der Waals surface area (Å²) in [5.74, 6) is -0.377. The molecule has 1 atom stereocenters. The van der Waals surface area contributed by atoms with E-state index in [0.29, 0.717) is 22.7 Å². The second kappa shape index (κ2) is 4.63. The first-order valence-electron chi connectivity index (χ1n) is 6.18. The molecule has 0 bridgehead atoms. The minimum Gasteiger partial charge on any atom is -0.307 e. The van der Waals surface area contributed by atoms with Crippen molar-refractivity contribution in [1.29, 1.82) is 0 Å². The zero-order valence-electron chi connectivity index (χ0n) is 9.83. The molecule has 1 aromatic carbocycles. The number of benzene rings is 1. The van der Waals surface area contributed by atoms with Gasteiger partial charge in [0.05, 0.1) is 11.7 Å². The van der Waals surface area contributed by atoms with Gasteiger partial charge in [-0.2, -0.15) is 0 Å². The molecule has 1 saturated heterocycles. The molecule has 1 aromatic rings. The van der Waals surface area contributed by atoms with Gasteiger partial charge in [-0.3, -0.25) is 4.79 Å². The summed E-state index contributed by atoms with van der Waals surface area (Å²) in [7, 11) is 0.